The second kappa shape index (κ2) is 7.06. The standard InChI is InChI=1S/C20H21ClN2O2/c21-17-3-1-2-4-19(17)25-16-7-5-15(6-8-16)20(24)22-18-13-23-11-9-14(18)10-12-23/h1-8,14,18H,9-13H2,(H,22,24)/t18-/m0/s1. The molecular formula is C20H21ClN2O2. The highest BCUT2D eigenvalue weighted by atomic mass is 35.5. The predicted molar refractivity (Wildman–Crippen MR) is 98.4 cm³/mol. The van der Waals surface area contributed by atoms with Crippen LogP contribution >= 0.6 is 11.6 Å². The highest BCUT2D eigenvalue weighted by molar-refractivity contribution is 6.32. The number of nitrogens with one attached hydrogen (secondary N) is 1. The first-order valence-corrected chi connectivity index (χ1v) is 9.12. The van der Waals surface area contributed by atoms with Crippen LogP contribution in [0, 0.1) is 5.92 Å². The minimum atomic E-state index is -0.0111. The van der Waals surface area contributed by atoms with Crippen molar-refractivity contribution in [3.05, 3.63) is 59.1 Å². The number of carbonyl (C=O) groups excluding carboxylic acids is 1. The highest BCUT2D eigenvalue weighted by Crippen LogP contribution is 2.29. The Morgan fingerprint density at radius 2 is 1.80 bits per heavy atom. The van der Waals surface area contributed by atoms with E-state index in [1.54, 1.807) is 30.3 Å². The van der Waals surface area contributed by atoms with E-state index < -0.39 is 0 Å². The van der Waals surface area contributed by atoms with Gasteiger partial charge in [0.25, 0.3) is 5.91 Å². The summed E-state index contributed by atoms with van der Waals surface area (Å²) in [5.74, 6) is 1.88. The van der Waals surface area contributed by atoms with Crippen molar-refractivity contribution in [1.82, 2.24) is 10.2 Å². The molecule has 3 aliphatic heterocycles. The van der Waals surface area contributed by atoms with Gasteiger partial charge in [-0.2, -0.15) is 0 Å². The van der Waals surface area contributed by atoms with Gasteiger partial charge in [0.2, 0.25) is 0 Å². The molecule has 1 N–H and O–H groups in total. The van der Waals surface area contributed by atoms with Crippen LogP contribution in [0.2, 0.25) is 5.02 Å². The van der Waals surface area contributed by atoms with Gasteiger partial charge < -0.3 is 15.0 Å². The number of piperidine rings is 3. The Labute approximate surface area is 152 Å². The molecule has 2 aromatic carbocycles. The first kappa shape index (κ1) is 16.4. The lowest BCUT2D eigenvalue weighted by atomic mass is 9.84. The van der Waals surface area contributed by atoms with Gasteiger partial charge in [0.05, 0.1) is 5.02 Å². The maximum Gasteiger partial charge on any atom is 0.251 e. The molecule has 4 nitrogen and oxygen atoms in total. The number of para-hydroxylation sites is 1. The van der Waals surface area contributed by atoms with Gasteiger partial charge in [0.1, 0.15) is 11.5 Å². The van der Waals surface area contributed by atoms with Gasteiger partial charge in [-0.25, -0.2) is 0 Å². The van der Waals surface area contributed by atoms with E-state index in [1.165, 1.54) is 25.9 Å². The van der Waals surface area contributed by atoms with E-state index in [9.17, 15) is 4.79 Å². The second-order valence-corrected chi connectivity index (χ2v) is 7.18. The predicted octanol–water partition coefficient (Wildman–Crippen LogP) is 3.96. The summed E-state index contributed by atoms with van der Waals surface area (Å²) in [4.78, 5) is 15.0. The Hall–Kier alpha value is -2.04. The quantitative estimate of drug-likeness (QED) is 0.901. The largest absolute Gasteiger partial charge is 0.456 e. The zero-order valence-electron chi connectivity index (χ0n) is 14.0. The average Bonchev–Trinajstić information content (AvgIpc) is 2.65. The van der Waals surface area contributed by atoms with Crippen molar-refractivity contribution in [3.63, 3.8) is 0 Å². The number of nitrogens with zero attached hydrogens (tertiary/aromatic N) is 1. The van der Waals surface area contributed by atoms with E-state index in [2.05, 4.69) is 10.2 Å². The summed E-state index contributed by atoms with van der Waals surface area (Å²) in [6, 6.07) is 14.8. The second-order valence-electron chi connectivity index (χ2n) is 6.77. The molecule has 0 aliphatic carbocycles. The van der Waals surface area contributed by atoms with Crippen molar-refractivity contribution < 1.29 is 9.53 Å². The summed E-state index contributed by atoms with van der Waals surface area (Å²) in [5, 5.41) is 3.76. The molecule has 0 radical (unpaired) electrons. The van der Waals surface area contributed by atoms with E-state index in [1.807, 2.05) is 18.2 Å². The first-order chi connectivity index (χ1) is 12.2. The molecule has 2 bridgehead atoms. The van der Waals surface area contributed by atoms with Crippen LogP contribution in [0.4, 0.5) is 0 Å². The molecule has 0 unspecified atom stereocenters. The van der Waals surface area contributed by atoms with Crippen LogP contribution in [0.3, 0.4) is 0 Å². The van der Waals surface area contributed by atoms with Gasteiger partial charge in [-0.1, -0.05) is 23.7 Å². The molecule has 5 rings (SSSR count). The van der Waals surface area contributed by atoms with Gasteiger partial charge in [0.15, 0.2) is 0 Å². The summed E-state index contributed by atoms with van der Waals surface area (Å²) in [7, 11) is 0. The maximum absolute atomic E-state index is 12.5. The number of rotatable bonds is 4. The van der Waals surface area contributed by atoms with Crippen LogP contribution in [-0.4, -0.2) is 36.5 Å². The lowest BCUT2D eigenvalue weighted by Gasteiger charge is -2.44. The summed E-state index contributed by atoms with van der Waals surface area (Å²) < 4.78 is 5.76. The van der Waals surface area contributed by atoms with Crippen molar-refractivity contribution in [2.75, 3.05) is 19.6 Å². The number of amides is 1. The summed E-state index contributed by atoms with van der Waals surface area (Å²) in [5.41, 5.74) is 0.656. The van der Waals surface area contributed by atoms with E-state index in [4.69, 9.17) is 16.3 Å². The third kappa shape index (κ3) is 3.65. The van der Waals surface area contributed by atoms with Crippen molar-refractivity contribution in [1.29, 1.82) is 0 Å². The minimum Gasteiger partial charge on any atom is -0.456 e. The number of ether oxygens (including phenoxy) is 1. The monoisotopic (exact) mass is 356 g/mol. The molecule has 2 aromatic rings. The molecule has 5 heteroatoms. The van der Waals surface area contributed by atoms with E-state index in [-0.39, 0.29) is 11.9 Å². The summed E-state index contributed by atoms with van der Waals surface area (Å²) >= 11 is 6.10. The summed E-state index contributed by atoms with van der Waals surface area (Å²) in [6.07, 6.45) is 2.38. The molecule has 0 spiro atoms. The number of hydrogen-bond acceptors (Lipinski definition) is 3. The minimum absolute atomic E-state index is 0.0111. The number of hydrogen-bond donors (Lipinski definition) is 1. The average molecular weight is 357 g/mol. The molecule has 0 aromatic heterocycles. The Bertz CT molecular complexity index is 755. The fourth-order valence-electron chi connectivity index (χ4n) is 3.71. The zero-order chi connectivity index (χ0) is 17.2. The molecule has 0 saturated carbocycles. The molecule has 3 aliphatic rings. The molecule has 130 valence electrons. The van der Waals surface area contributed by atoms with Crippen LogP contribution in [0.25, 0.3) is 0 Å². The van der Waals surface area contributed by atoms with Gasteiger partial charge in [0, 0.05) is 18.2 Å². The Morgan fingerprint density at radius 1 is 1.08 bits per heavy atom. The van der Waals surface area contributed by atoms with Crippen LogP contribution in [0.15, 0.2) is 48.5 Å². The van der Waals surface area contributed by atoms with Gasteiger partial charge >= 0.3 is 0 Å². The fourth-order valence-corrected chi connectivity index (χ4v) is 3.88. The van der Waals surface area contributed by atoms with E-state index >= 15 is 0 Å². The highest BCUT2D eigenvalue weighted by Gasteiger charge is 2.34. The summed E-state index contributed by atoms with van der Waals surface area (Å²) in [6.45, 7) is 3.32. The molecular weight excluding hydrogens is 336 g/mol. The van der Waals surface area contributed by atoms with Crippen molar-refractivity contribution in [2.45, 2.75) is 18.9 Å². The number of fused-ring (bicyclic) bond motifs is 3. The zero-order valence-corrected chi connectivity index (χ0v) is 14.7. The van der Waals surface area contributed by atoms with Gasteiger partial charge in [-0.05, 0) is 68.2 Å². The number of carbonyl (C=O) groups is 1. The lowest BCUT2D eigenvalue weighted by molar-refractivity contribution is 0.0620. The third-order valence-corrected chi connectivity index (χ3v) is 5.47. The molecule has 3 saturated heterocycles. The topological polar surface area (TPSA) is 41.6 Å². The third-order valence-electron chi connectivity index (χ3n) is 5.15. The lowest BCUT2D eigenvalue weighted by Crippen LogP contribution is -2.57. The smallest absolute Gasteiger partial charge is 0.251 e. The van der Waals surface area contributed by atoms with Crippen LogP contribution in [0.5, 0.6) is 11.5 Å². The Balaban J connectivity index is 1.40. The number of halogens is 1. The Morgan fingerprint density at radius 3 is 2.44 bits per heavy atom. The molecule has 1 atom stereocenters. The van der Waals surface area contributed by atoms with E-state index in [0.717, 1.165) is 6.54 Å². The fraction of sp³-hybridized carbons (Fsp3) is 0.350. The van der Waals surface area contributed by atoms with Crippen molar-refractivity contribution >= 4 is 17.5 Å². The van der Waals surface area contributed by atoms with Gasteiger partial charge in [-0.15, -0.1) is 0 Å². The number of benzene rings is 2. The molecule has 3 heterocycles. The van der Waals surface area contributed by atoms with Crippen molar-refractivity contribution in [3.8, 4) is 11.5 Å². The normalized spacial score (nSPS) is 24.8. The van der Waals surface area contributed by atoms with E-state index in [0.29, 0.717) is 28.0 Å². The van der Waals surface area contributed by atoms with Crippen LogP contribution in [0.1, 0.15) is 23.2 Å². The molecule has 1 amide bonds. The van der Waals surface area contributed by atoms with Crippen LogP contribution < -0.4 is 10.1 Å². The van der Waals surface area contributed by atoms with Gasteiger partial charge in [-0.3, -0.25) is 4.79 Å². The maximum atomic E-state index is 12.5. The Kier molecular flexibility index (Phi) is 4.64. The molecule has 3 fully saturated rings. The SMILES string of the molecule is O=C(N[C@H]1CN2CCC1CC2)c1ccc(Oc2ccccc2Cl)cc1. The first-order valence-electron chi connectivity index (χ1n) is 8.75. The molecule has 25 heavy (non-hydrogen) atoms. The van der Waals surface area contributed by atoms with Crippen LogP contribution in [-0.2, 0) is 0 Å². The van der Waals surface area contributed by atoms with Crippen molar-refractivity contribution in [2.24, 2.45) is 5.92 Å².